The Morgan fingerprint density at radius 3 is 2.11 bits per heavy atom. The number of carboxylic acids is 1. The van der Waals surface area contributed by atoms with Crippen LogP contribution in [0.4, 0.5) is 0 Å². The van der Waals surface area contributed by atoms with Gasteiger partial charge in [0.05, 0.1) is 18.6 Å². The molecule has 0 heterocycles. The molecule has 0 aliphatic carbocycles. The highest BCUT2D eigenvalue weighted by Crippen LogP contribution is 2.27. The van der Waals surface area contributed by atoms with Gasteiger partial charge in [-0.05, 0) is 56.2 Å². The van der Waals surface area contributed by atoms with Crippen molar-refractivity contribution in [2.24, 2.45) is 0 Å². The second-order valence-electron chi connectivity index (χ2n) is 6.80. The first kappa shape index (κ1) is 20.3. The minimum atomic E-state index is -1.03. The van der Waals surface area contributed by atoms with Crippen LogP contribution in [0.5, 0.6) is 11.5 Å². The zero-order valence-corrected chi connectivity index (χ0v) is 16.0. The molecule has 6 heteroatoms. The molecule has 1 amide bonds. The molecule has 0 saturated heterocycles. The average molecular weight is 371 g/mol. The van der Waals surface area contributed by atoms with Crippen LogP contribution in [-0.4, -0.2) is 30.7 Å². The monoisotopic (exact) mass is 371 g/mol. The molecule has 0 radical (unpaired) electrons. The number of methoxy groups -OCH3 is 1. The summed E-state index contributed by atoms with van der Waals surface area (Å²) in [5.74, 6) is 0.0959. The SMILES string of the molecule is COc1ccc(C(C)(C)C(=O)NC(C)c2ccc(OCC(=O)O)cc2)cc1. The maximum Gasteiger partial charge on any atom is 0.341 e. The molecule has 0 fully saturated rings. The number of aliphatic carboxylic acids is 1. The minimum absolute atomic E-state index is 0.0913. The van der Waals surface area contributed by atoms with E-state index in [1.165, 1.54) is 0 Å². The molecule has 2 aromatic rings. The first-order valence-electron chi connectivity index (χ1n) is 8.64. The summed E-state index contributed by atoms with van der Waals surface area (Å²) in [4.78, 5) is 23.4. The maximum atomic E-state index is 12.8. The van der Waals surface area contributed by atoms with Gasteiger partial charge in [0, 0.05) is 0 Å². The summed E-state index contributed by atoms with van der Waals surface area (Å²) in [5.41, 5.74) is 1.09. The number of hydrogen-bond acceptors (Lipinski definition) is 4. The summed E-state index contributed by atoms with van der Waals surface area (Å²) in [5, 5.41) is 11.7. The molecule has 27 heavy (non-hydrogen) atoms. The first-order valence-corrected chi connectivity index (χ1v) is 8.64. The Morgan fingerprint density at radius 2 is 1.59 bits per heavy atom. The van der Waals surface area contributed by atoms with E-state index < -0.39 is 11.4 Å². The predicted octanol–water partition coefficient (Wildman–Crippen LogP) is 3.31. The number of carbonyl (C=O) groups is 2. The van der Waals surface area contributed by atoms with Crippen LogP contribution in [0.3, 0.4) is 0 Å². The Balaban J connectivity index is 2.03. The van der Waals surface area contributed by atoms with Gasteiger partial charge in [0.25, 0.3) is 0 Å². The van der Waals surface area contributed by atoms with Crippen molar-refractivity contribution in [3.63, 3.8) is 0 Å². The van der Waals surface area contributed by atoms with Gasteiger partial charge in [-0.2, -0.15) is 0 Å². The largest absolute Gasteiger partial charge is 0.497 e. The Labute approximate surface area is 159 Å². The quantitative estimate of drug-likeness (QED) is 0.744. The van der Waals surface area contributed by atoms with Crippen molar-refractivity contribution in [2.45, 2.75) is 32.2 Å². The van der Waals surface area contributed by atoms with Crippen LogP contribution in [0.1, 0.15) is 37.9 Å². The molecule has 6 nitrogen and oxygen atoms in total. The number of ether oxygens (including phenoxy) is 2. The number of amides is 1. The van der Waals surface area contributed by atoms with Gasteiger partial charge in [-0.3, -0.25) is 4.79 Å². The van der Waals surface area contributed by atoms with E-state index in [1.807, 2.05) is 57.2 Å². The van der Waals surface area contributed by atoms with Gasteiger partial charge < -0.3 is 19.9 Å². The van der Waals surface area contributed by atoms with Gasteiger partial charge in [-0.15, -0.1) is 0 Å². The van der Waals surface area contributed by atoms with Gasteiger partial charge in [0.1, 0.15) is 11.5 Å². The lowest BCUT2D eigenvalue weighted by Crippen LogP contribution is -2.41. The molecule has 0 spiro atoms. The smallest absolute Gasteiger partial charge is 0.341 e. The van der Waals surface area contributed by atoms with Crippen molar-refractivity contribution in [3.8, 4) is 11.5 Å². The second kappa shape index (κ2) is 8.58. The molecule has 1 atom stereocenters. The topological polar surface area (TPSA) is 84.9 Å². The number of rotatable bonds is 8. The Hall–Kier alpha value is -3.02. The summed E-state index contributed by atoms with van der Waals surface area (Å²) in [6, 6.07) is 14.2. The zero-order chi connectivity index (χ0) is 20.0. The number of carbonyl (C=O) groups excluding carboxylic acids is 1. The van der Waals surface area contributed by atoms with Crippen molar-refractivity contribution in [3.05, 3.63) is 59.7 Å². The fraction of sp³-hybridized carbons (Fsp3) is 0.333. The zero-order valence-electron chi connectivity index (χ0n) is 16.0. The van der Waals surface area contributed by atoms with E-state index in [9.17, 15) is 9.59 Å². The van der Waals surface area contributed by atoms with Crippen molar-refractivity contribution in [1.82, 2.24) is 5.32 Å². The van der Waals surface area contributed by atoms with Crippen LogP contribution in [0.2, 0.25) is 0 Å². The number of benzene rings is 2. The molecule has 0 aromatic heterocycles. The molecule has 1 unspecified atom stereocenters. The highest BCUT2D eigenvalue weighted by molar-refractivity contribution is 5.87. The van der Waals surface area contributed by atoms with Gasteiger partial charge in [0.2, 0.25) is 5.91 Å². The Bertz CT molecular complexity index is 781. The summed E-state index contributed by atoms with van der Waals surface area (Å²) >= 11 is 0. The molecule has 2 rings (SSSR count). The lowest BCUT2D eigenvalue weighted by Gasteiger charge is -2.27. The molecule has 0 aliphatic rings. The third-order valence-electron chi connectivity index (χ3n) is 4.47. The summed E-state index contributed by atoms with van der Waals surface area (Å²) in [7, 11) is 1.60. The molecular formula is C21H25NO5. The van der Waals surface area contributed by atoms with E-state index in [0.717, 1.165) is 16.9 Å². The molecule has 2 N–H and O–H groups in total. The maximum absolute atomic E-state index is 12.8. The minimum Gasteiger partial charge on any atom is -0.497 e. The molecule has 0 aliphatic heterocycles. The molecule has 0 bridgehead atoms. The summed E-state index contributed by atoms with van der Waals surface area (Å²) in [6.45, 7) is 5.26. The van der Waals surface area contributed by atoms with E-state index in [0.29, 0.717) is 5.75 Å². The number of hydrogen-bond donors (Lipinski definition) is 2. The highest BCUT2D eigenvalue weighted by atomic mass is 16.5. The van der Waals surface area contributed by atoms with E-state index in [-0.39, 0.29) is 18.6 Å². The van der Waals surface area contributed by atoms with Crippen LogP contribution in [0, 0.1) is 0 Å². The van der Waals surface area contributed by atoms with E-state index in [1.54, 1.807) is 19.2 Å². The number of carboxylic acid groups (broad SMARTS) is 1. The lowest BCUT2D eigenvalue weighted by molar-refractivity contribution is -0.139. The van der Waals surface area contributed by atoms with Gasteiger partial charge >= 0.3 is 5.97 Å². The molecule has 0 saturated carbocycles. The fourth-order valence-electron chi connectivity index (χ4n) is 2.60. The van der Waals surface area contributed by atoms with Crippen LogP contribution in [-0.2, 0) is 15.0 Å². The Kier molecular flexibility index (Phi) is 6.45. The third-order valence-corrected chi connectivity index (χ3v) is 4.47. The number of nitrogens with one attached hydrogen (secondary N) is 1. The Morgan fingerprint density at radius 1 is 1.04 bits per heavy atom. The average Bonchev–Trinajstić information content (AvgIpc) is 2.66. The van der Waals surface area contributed by atoms with Gasteiger partial charge in [-0.1, -0.05) is 24.3 Å². The molecule has 144 valence electrons. The van der Waals surface area contributed by atoms with E-state index >= 15 is 0 Å². The third kappa shape index (κ3) is 5.23. The summed E-state index contributed by atoms with van der Waals surface area (Å²) in [6.07, 6.45) is 0. The van der Waals surface area contributed by atoms with Gasteiger partial charge in [-0.25, -0.2) is 4.79 Å². The van der Waals surface area contributed by atoms with Gasteiger partial charge in [0.15, 0.2) is 6.61 Å². The molecule has 2 aromatic carbocycles. The highest BCUT2D eigenvalue weighted by Gasteiger charge is 2.30. The second-order valence-corrected chi connectivity index (χ2v) is 6.80. The van der Waals surface area contributed by atoms with Crippen molar-refractivity contribution >= 4 is 11.9 Å². The standard InChI is InChI=1S/C21H25NO5/c1-14(15-5-9-18(10-6-15)27-13-19(23)24)22-20(25)21(2,3)16-7-11-17(26-4)12-8-16/h5-12,14H,13H2,1-4H3,(H,22,25)(H,23,24). The van der Waals surface area contributed by atoms with Crippen molar-refractivity contribution in [2.75, 3.05) is 13.7 Å². The fourth-order valence-corrected chi connectivity index (χ4v) is 2.60. The summed E-state index contributed by atoms with van der Waals surface area (Å²) < 4.78 is 10.3. The lowest BCUT2D eigenvalue weighted by atomic mass is 9.83. The molecular weight excluding hydrogens is 346 g/mol. The van der Waals surface area contributed by atoms with E-state index in [2.05, 4.69) is 5.32 Å². The normalized spacial score (nSPS) is 12.1. The van der Waals surface area contributed by atoms with Crippen molar-refractivity contribution in [1.29, 1.82) is 0 Å². The first-order chi connectivity index (χ1) is 12.7. The van der Waals surface area contributed by atoms with Crippen LogP contribution < -0.4 is 14.8 Å². The van der Waals surface area contributed by atoms with Crippen LogP contribution in [0.15, 0.2) is 48.5 Å². The predicted molar refractivity (Wildman–Crippen MR) is 102 cm³/mol. The van der Waals surface area contributed by atoms with Crippen molar-refractivity contribution < 1.29 is 24.2 Å². The van der Waals surface area contributed by atoms with E-state index in [4.69, 9.17) is 14.6 Å². The van der Waals surface area contributed by atoms with Crippen LogP contribution in [0.25, 0.3) is 0 Å². The van der Waals surface area contributed by atoms with Crippen LogP contribution >= 0.6 is 0 Å².